The van der Waals surface area contributed by atoms with Crippen LogP contribution in [-0.2, 0) is 34.5 Å². The number of ether oxygens (including phenoxy) is 3. The summed E-state index contributed by atoms with van der Waals surface area (Å²) < 4.78 is 18.5. The van der Waals surface area contributed by atoms with E-state index in [1.165, 1.54) is 4.90 Å². The number of aryl methyl sites for hydroxylation is 3. The Balaban J connectivity index is 1.32. The van der Waals surface area contributed by atoms with E-state index in [9.17, 15) is 9.59 Å². The van der Waals surface area contributed by atoms with Crippen LogP contribution in [0, 0.1) is 13.8 Å². The number of aromatic nitrogens is 3. The number of fused-ring (bicyclic) bond motifs is 1. The summed E-state index contributed by atoms with van der Waals surface area (Å²) in [5, 5.41) is 8.61. The Morgan fingerprint density at radius 2 is 1.78 bits per heavy atom. The fourth-order valence-electron chi connectivity index (χ4n) is 5.99. The second kappa shape index (κ2) is 12.9. The first-order chi connectivity index (χ1) is 21.8. The van der Waals surface area contributed by atoms with Gasteiger partial charge in [-0.25, -0.2) is 14.4 Å². The van der Waals surface area contributed by atoms with Crippen molar-refractivity contribution in [3.05, 3.63) is 124 Å². The maximum Gasteiger partial charge on any atom is 0.417 e. The van der Waals surface area contributed by atoms with Crippen molar-refractivity contribution in [3.63, 3.8) is 0 Å². The number of rotatable bonds is 10. The highest BCUT2D eigenvalue weighted by Gasteiger charge is 2.40. The molecule has 0 spiro atoms. The second-order valence-corrected chi connectivity index (χ2v) is 11.4. The zero-order chi connectivity index (χ0) is 31.5. The molecule has 9 nitrogen and oxygen atoms in total. The maximum absolute atomic E-state index is 14.1. The van der Waals surface area contributed by atoms with Gasteiger partial charge in [-0.15, -0.1) is 5.10 Å². The third kappa shape index (κ3) is 6.17. The molecule has 0 aliphatic carbocycles. The molecule has 1 aliphatic heterocycles. The highest BCUT2D eigenvalue weighted by Crippen LogP contribution is 2.37. The number of cyclic esters (lactones) is 1. The minimum atomic E-state index is -0.620. The predicted molar refractivity (Wildman–Crippen MR) is 170 cm³/mol. The summed E-state index contributed by atoms with van der Waals surface area (Å²) in [6, 6.07) is 27.1. The number of methoxy groups -OCH3 is 1. The molecule has 9 heteroatoms. The number of carbonyl (C=O) groups is 2. The molecule has 1 aromatic heterocycles. The van der Waals surface area contributed by atoms with E-state index in [1.54, 1.807) is 11.8 Å². The van der Waals surface area contributed by atoms with Gasteiger partial charge in [0.25, 0.3) is 0 Å². The summed E-state index contributed by atoms with van der Waals surface area (Å²) in [7, 11) is 3.50. The van der Waals surface area contributed by atoms with E-state index < -0.39 is 12.1 Å². The lowest BCUT2D eigenvalue weighted by atomic mass is 9.84. The Labute approximate surface area is 262 Å². The van der Waals surface area contributed by atoms with Crippen LogP contribution < -0.4 is 4.74 Å². The summed E-state index contributed by atoms with van der Waals surface area (Å²) in [5.41, 5.74) is 8.56. The quantitative estimate of drug-likeness (QED) is 0.178. The first-order valence-corrected chi connectivity index (χ1v) is 15.0. The van der Waals surface area contributed by atoms with Crippen molar-refractivity contribution in [1.29, 1.82) is 0 Å². The smallest absolute Gasteiger partial charge is 0.417 e. The van der Waals surface area contributed by atoms with E-state index >= 15 is 0 Å². The number of carbonyl (C=O) groups excluding carboxylic acids is 2. The van der Waals surface area contributed by atoms with E-state index in [4.69, 9.17) is 14.2 Å². The van der Waals surface area contributed by atoms with Gasteiger partial charge in [-0.1, -0.05) is 71.9 Å². The number of imide groups is 1. The number of hydrogen-bond acceptors (Lipinski definition) is 7. The Morgan fingerprint density at radius 1 is 1.00 bits per heavy atom. The molecule has 2 atom stereocenters. The highest BCUT2D eigenvalue weighted by atomic mass is 16.6. The monoisotopic (exact) mass is 604 g/mol. The van der Waals surface area contributed by atoms with Gasteiger partial charge in [-0.2, -0.15) is 0 Å². The van der Waals surface area contributed by atoms with E-state index in [1.807, 2.05) is 80.7 Å². The molecule has 0 bridgehead atoms. The standard InChI is InChI=1S/C36H36N4O5/c1-23-10-13-27(18-28(23)21-44-20-25-11-14-29(43-4)15-12-25)31(30-16-17-32-35(24(30)2)37-38-39(32)3)19-34(41)40-33(22-45-36(40)42)26-8-6-5-7-9-26/h5-18,31,33H,19-22H2,1-4H3. The predicted octanol–water partition coefficient (Wildman–Crippen LogP) is 6.55. The van der Waals surface area contributed by atoms with Crippen LogP contribution in [0.1, 0.15) is 57.3 Å². The van der Waals surface area contributed by atoms with Gasteiger partial charge in [-0.05, 0) is 71.0 Å². The van der Waals surface area contributed by atoms with Gasteiger partial charge in [-0.3, -0.25) is 4.79 Å². The lowest BCUT2D eigenvalue weighted by Crippen LogP contribution is -2.35. The normalized spacial score (nSPS) is 15.3. The van der Waals surface area contributed by atoms with E-state index in [-0.39, 0.29) is 24.9 Å². The Hall–Kier alpha value is -5.02. The molecule has 2 heterocycles. The number of hydrogen-bond donors (Lipinski definition) is 0. The van der Waals surface area contributed by atoms with Gasteiger partial charge in [0, 0.05) is 19.4 Å². The number of nitrogens with zero attached hydrogens (tertiary/aromatic N) is 4. The van der Waals surface area contributed by atoms with Crippen molar-refractivity contribution in [2.75, 3.05) is 13.7 Å². The van der Waals surface area contributed by atoms with Gasteiger partial charge in [0.1, 0.15) is 23.9 Å². The lowest BCUT2D eigenvalue weighted by molar-refractivity contribution is -0.129. The fraction of sp³-hybridized carbons (Fsp3) is 0.278. The molecular formula is C36H36N4O5. The third-order valence-electron chi connectivity index (χ3n) is 8.62. The first-order valence-electron chi connectivity index (χ1n) is 15.0. The molecule has 6 rings (SSSR count). The lowest BCUT2D eigenvalue weighted by Gasteiger charge is -2.25. The first kappa shape index (κ1) is 30.0. The second-order valence-electron chi connectivity index (χ2n) is 11.4. The van der Waals surface area contributed by atoms with Gasteiger partial charge in [0.15, 0.2) is 0 Å². The van der Waals surface area contributed by atoms with Gasteiger partial charge in [0.2, 0.25) is 5.91 Å². The highest BCUT2D eigenvalue weighted by molar-refractivity contribution is 5.94. The molecule has 45 heavy (non-hydrogen) atoms. The molecule has 1 fully saturated rings. The molecular weight excluding hydrogens is 568 g/mol. The maximum atomic E-state index is 14.1. The summed E-state index contributed by atoms with van der Waals surface area (Å²) >= 11 is 0. The van der Waals surface area contributed by atoms with E-state index in [2.05, 4.69) is 35.4 Å². The van der Waals surface area contributed by atoms with Crippen LogP contribution in [0.3, 0.4) is 0 Å². The summed E-state index contributed by atoms with van der Waals surface area (Å²) in [6.45, 7) is 5.05. The van der Waals surface area contributed by atoms with Crippen LogP contribution in [0.25, 0.3) is 11.0 Å². The molecule has 230 valence electrons. The van der Waals surface area contributed by atoms with Crippen LogP contribution in [-0.4, -0.2) is 45.6 Å². The minimum Gasteiger partial charge on any atom is -0.497 e. The molecule has 0 radical (unpaired) electrons. The van der Waals surface area contributed by atoms with E-state index in [0.29, 0.717) is 13.2 Å². The molecule has 4 aromatic carbocycles. The SMILES string of the molecule is COc1ccc(COCc2cc(C(CC(=O)N3C(=O)OCC3c3ccccc3)c3ccc4c(nnn4C)c3C)ccc2C)cc1. The topological polar surface area (TPSA) is 95.8 Å². The molecule has 1 aliphatic rings. The van der Waals surface area contributed by atoms with Crippen LogP contribution >= 0.6 is 0 Å². The van der Waals surface area contributed by atoms with Gasteiger partial charge in [0.05, 0.1) is 25.8 Å². The fourth-order valence-corrected chi connectivity index (χ4v) is 5.99. The minimum absolute atomic E-state index is 0.0697. The third-order valence-corrected chi connectivity index (χ3v) is 8.62. The van der Waals surface area contributed by atoms with Crippen molar-refractivity contribution in [3.8, 4) is 5.75 Å². The zero-order valence-electron chi connectivity index (χ0n) is 25.9. The zero-order valence-corrected chi connectivity index (χ0v) is 25.9. The van der Waals surface area contributed by atoms with E-state index in [0.717, 1.165) is 55.7 Å². The van der Waals surface area contributed by atoms with Crippen molar-refractivity contribution >= 4 is 23.0 Å². The molecule has 0 N–H and O–H groups in total. The summed E-state index contributed by atoms with van der Waals surface area (Å²) in [6.07, 6.45) is -0.550. The van der Waals surface area contributed by atoms with Gasteiger partial charge < -0.3 is 14.2 Å². The Bertz CT molecular complexity index is 1830. The Kier molecular flexibility index (Phi) is 8.62. The largest absolute Gasteiger partial charge is 0.497 e. The molecule has 1 saturated heterocycles. The Morgan fingerprint density at radius 3 is 2.53 bits per heavy atom. The molecule has 2 unspecified atom stereocenters. The average molecular weight is 605 g/mol. The van der Waals surface area contributed by atoms with Gasteiger partial charge >= 0.3 is 6.09 Å². The summed E-state index contributed by atoms with van der Waals surface area (Å²) in [5.74, 6) is 0.151. The van der Waals surface area contributed by atoms with Crippen molar-refractivity contribution in [2.45, 2.75) is 45.4 Å². The van der Waals surface area contributed by atoms with Crippen molar-refractivity contribution < 1.29 is 23.8 Å². The van der Waals surface area contributed by atoms with Crippen molar-refractivity contribution in [2.24, 2.45) is 7.05 Å². The van der Waals surface area contributed by atoms with Crippen molar-refractivity contribution in [1.82, 2.24) is 19.9 Å². The summed E-state index contributed by atoms with van der Waals surface area (Å²) in [4.78, 5) is 28.2. The number of benzene rings is 4. The van der Waals surface area contributed by atoms with Crippen LogP contribution in [0.5, 0.6) is 5.75 Å². The van der Waals surface area contributed by atoms with Crippen LogP contribution in [0.15, 0.2) is 84.9 Å². The molecule has 0 saturated carbocycles. The molecule has 5 aromatic rings. The average Bonchev–Trinajstić information content (AvgIpc) is 3.64. The number of amides is 2. The van der Waals surface area contributed by atoms with Crippen LogP contribution in [0.4, 0.5) is 4.79 Å². The van der Waals surface area contributed by atoms with Crippen LogP contribution in [0.2, 0.25) is 0 Å². The molecule has 2 amide bonds.